The zero-order chi connectivity index (χ0) is 13.3. The van der Waals surface area contributed by atoms with Gasteiger partial charge in [0.05, 0.1) is 0 Å². The number of hydrogen-bond donors (Lipinski definition) is 1. The smallest absolute Gasteiger partial charge is 0.282 e. The maximum Gasteiger partial charge on any atom is 0.282 e. The second-order valence-electron chi connectivity index (χ2n) is 5.64. The molecule has 0 aromatic carbocycles. The van der Waals surface area contributed by atoms with E-state index in [9.17, 15) is 8.42 Å². The minimum absolute atomic E-state index is 0.00721. The highest BCUT2D eigenvalue weighted by Crippen LogP contribution is 2.28. The molecule has 0 radical (unpaired) electrons. The summed E-state index contributed by atoms with van der Waals surface area (Å²) in [6.07, 6.45) is 4.23. The molecule has 0 aromatic rings. The van der Waals surface area contributed by atoms with Crippen molar-refractivity contribution in [3.8, 4) is 0 Å². The van der Waals surface area contributed by atoms with Gasteiger partial charge in [-0.3, -0.25) is 0 Å². The Bertz CT molecular complexity index is 377. The third-order valence-corrected chi connectivity index (χ3v) is 6.39. The zero-order valence-corrected chi connectivity index (χ0v) is 12.4. The van der Waals surface area contributed by atoms with Crippen molar-refractivity contribution < 1.29 is 8.42 Å². The second-order valence-corrected chi connectivity index (χ2v) is 7.58. The first-order chi connectivity index (χ1) is 8.44. The van der Waals surface area contributed by atoms with Gasteiger partial charge in [-0.2, -0.15) is 17.0 Å². The topological polar surface area (TPSA) is 52.7 Å². The molecule has 2 aliphatic rings. The van der Waals surface area contributed by atoms with Crippen LogP contribution in [0.1, 0.15) is 39.5 Å². The summed E-state index contributed by atoms with van der Waals surface area (Å²) in [5.74, 6) is 0. The Kier molecular flexibility index (Phi) is 4.31. The van der Waals surface area contributed by atoms with Crippen molar-refractivity contribution in [2.45, 2.75) is 57.7 Å². The number of rotatable bonds is 4. The third-order valence-electron chi connectivity index (χ3n) is 4.20. The van der Waals surface area contributed by atoms with Gasteiger partial charge in [-0.15, -0.1) is 0 Å². The number of nitrogens with one attached hydrogen (secondary N) is 1. The summed E-state index contributed by atoms with van der Waals surface area (Å²) in [6.45, 7) is 5.52. The van der Waals surface area contributed by atoms with Crippen molar-refractivity contribution in [2.24, 2.45) is 0 Å². The molecule has 0 bridgehead atoms. The van der Waals surface area contributed by atoms with Crippen LogP contribution in [0.4, 0.5) is 0 Å². The molecule has 2 rings (SSSR count). The van der Waals surface area contributed by atoms with Crippen LogP contribution >= 0.6 is 0 Å². The molecule has 0 spiro atoms. The van der Waals surface area contributed by atoms with Gasteiger partial charge >= 0.3 is 0 Å². The first-order valence-electron chi connectivity index (χ1n) is 6.93. The average molecular weight is 275 g/mol. The van der Waals surface area contributed by atoms with E-state index in [1.165, 1.54) is 4.31 Å². The lowest BCUT2D eigenvalue weighted by Crippen LogP contribution is -2.52. The molecule has 0 saturated carbocycles. The van der Waals surface area contributed by atoms with Crippen LogP contribution in [0.15, 0.2) is 0 Å². The maximum absolute atomic E-state index is 12.6. The maximum atomic E-state index is 12.6. The molecule has 2 unspecified atom stereocenters. The van der Waals surface area contributed by atoms with Crippen LogP contribution in [-0.2, 0) is 10.2 Å². The highest BCUT2D eigenvalue weighted by atomic mass is 32.2. The zero-order valence-electron chi connectivity index (χ0n) is 11.6. The minimum atomic E-state index is -3.30. The molecule has 2 fully saturated rings. The van der Waals surface area contributed by atoms with Gasteiger partial charge in [0.15, 0.2) is 0 Å². The highest BCUT2D eigenvalue weighted by molar-refractivity contribution is 7.86. The summed E-state index contributed by atoms with van der Waals surface area (Å²) in [4.78, 5) is 0. The van der Waals surface area contributed by atoms with Crippen LogP contribution in [0, 0.1) is 0 Å². The predicted octanol–water partition coefficient (Wildman–Crippen LogP) is 0.788. The summed E-state index contributed by atoms with van der Waals surface area (Å²) < 4.78 is 28.3. The van der Waals surface area contributed by atoms with Crippen LogP contribution in [-0.4, -0.2) is 55.3 Å². The van der Waals surface area contributed by atoms with Gasteiger partial charge in [0.25, 0.3) is 10.2 Å². The fraction of sp³-hybridized carbons (Fsp3) is 1.00. The van der Waals surface area contributed by atoms with E-state index in [0.717, 1.165) is 32.2 Å². The van der Waals surface area contributed by atoms with Crippen molar-refractivity contribution in [3.05, 3.63) is 0 Å². The molecule has 18 heavy (non-hydrogen) atoms. The van der Waals surface area contributed by atoms with Crippen LogP contribution in [0.25, 0.3) is 0 Å². The van der Waals surface area contributed by atoms with Crippen LogP contribution < -0.4 is 5.32 Å². The van der Waals surface area contributed by atoms with Crippen LogP contribution in [0.3, 0.4) is 0 Å². The quantitative estimate of drug-likeness (QED) is 0.825. The van der Waals surface area contributed by atoms with E-state index in [2.05, 4.69) is 5.32 Å². The van der Waals surface area contributed by atoms with E-state index < -0.39 is 10.2 Å². The van der Waals surface area contributed by atoms with Gasteiger partial charge in [0, 0.05) is 31.7 Å². The standard InChI is InChI=1S/C12H25N3O2S/c1-10(2)14(3)18(16,17)15-9-5-7-12(15)11-6-4-8-13-11/h10-13H,4-9H2,1-3H3. The summed E-state index contributed by atoms with van der Waals surface area (Å²) in [5.41, 5.74) is 0. The fourth-order valence-electron chi connectivity index (χ4n) is 2.93. The lowest BCUT2D eigenvalue weighted by molar-refractivity contribution is 0.287. The van der Waals surface area contributed by atoms with Gasteiger partial charge < -0.3 is 5.32 Å². The Morgan fingerprint density at radius 2 is 2.00 bits per heavy atom. The molecule has 6 heteroatoms. The molecule has 0 aliphatic carbocycles. The van der Waals surface area contributed by atoms with Gasteiger partial charge in [-0.25, -0.2) is 0 Å². The summed E-state index contributed by atoms with van der Waals surface area (Å²) in [6, 6.07) is 0.509. The summed E-state index contributed by atoms with van der Waals surface area (Å²) in [7, 11) is -1.62. The van der Waals surface area contributed by atoms with Crippen LogP contribution in [0.2, 0.25) is 0 Å². The first kappa shape index (κ1) is 14.2. The minimum Gasteiger partial charge on any atom is -0.312 e. The molecule has 2 heterocycles. The largest absolute Gasteiger partial charge is 0.312 e. The van der Waals surface area contributed by atoms with E-state index in [1.807, 2.05) is 13.8 Å². The second kappa shape index (κ2) is 5.45. The molecular formula is C12H25N3O2S. The molecule has 0 amide bonds. The lowest BCUT2D eigenvalue weighted by Gasteiger charge is -2.33. The van der Waals surface area contributed by atoms with E-state index in [-0.39, 0.29) is 12.1 Å². The highest BCUT2D eigenvalue weighted by Gasteiger charge is 2.41. The van der Waals surface area contributed by atoms with E-state index in [0.29, 0.717) is 12.6 Å². The van der Waals surface area contributed by atoms with Crippen molar-refractivity contribution in [1.29, 1.82) is 0 Å². The normalized spacial score (nSPS) is 30.7. The van der Waals surface area contributed by atoms with Crippen molar-refractivity contribution in [1.82, 2.24) is 13.9 Å². The number of hydrogen-bond acceptors (Lipinski definition) is 3. The van der Waals surface area contributed by atoms with Gasteiger partial charge in [0.1, 0.15) is 0 Å². The predicted molar refractivity (Wildman–Crippen MR) is 72.6 cm³/mol. The third kappa shape index (κ3) is 2.57. The van der Waals surface area contributed by atoms with Crippen LogP contribution in [0.5, 0.6) is 0 Å². The van der Waals surface area contributed by atoms with E-state index in [4.69, 9.17) is 0 Å². The Morgan fingerprint density at radius 3 is 2.56 bits per heavy atom. The number of nitrogens with zero attached hydrogens (tertiary/aromatic N) is 2. The van der Waals surface area contributed by atoms with E-state index in [1.54, 1.807) is 11.4 Å². The lowest BCUT2D eigenvalue weighted by atomic mass is 10.1. The molecule has 2 aliphatic heterocycles. The van der Waals surface area contributed by atoms with Crippen molar-refractivity contribution >= 4 is 10.2 Å². The Balaban J connectivity index is 2.15. The van der Waals surface area contributed by atoms with Crippen molar-refractivity contribution in [3.63, 3.8) is 0 Å². The van der Waals surface area contributed by atoms with Crippen molar-refractivity contribution in [2.75, 3.05) is 20.1 Å². The Morgan fingerprint density at radius 1 is 1.28 bits per heavy atom. The molecule has 0 aromatic heterocycles. The molecule has 2 saturated heterocycles. The first-order valence-corrected chi connectivity index (χ1v) is 8.32. The monoisotopic (exact) mass is 275 g/mol. The van der Waals surface area contributed by atoms with Gasteiger partial charge in [-0.05, 0) is 46.1 Å². The molecular weight excluding hydrogens is 250 g/mol. The Hall–Kier alpha value is -0.170. The summed E-state index contributed by atoms with van der Waals surface area (Å²) >= 11 is 0. The SMILES string of the molecule is CC(C)N(C)S(=O)(=O)N1CCCC1C1CCCN1. The Labute approximate surface area is 111 Å². The molecule has 106 valence electrons. The molecule has 1 N–H and O–H groups in total. The molecule has 5 nitrogen and oxygen atoms in total. The fourth-order valence-corrected chi connectivity index (χ4v) is 4.74. The molecule has 2 atom stereocenters. The van der Waals surface area contributed by atoms with Gasteiger partial charge in [-0.1, -0.05) is 0 Å². The average Bonchev–Trinajstić information content (AvgIpc) is 2.97. The summed E-state index contributed by atoms with van der Waals surface area (Å²) in [5, 5.41) is 3.44. The van der Waals surface area contributed by atoms with E-state index >= 15 is 0 Å². The van der Waals surface area contributed by atoms with Gasteiger partial charge in [0.2, 0.25) is 0 Å².